The van der Waals surface area contributed by atoms with Gasteiger partial charge in [0.25, 0.3) is 0 Å². The Labute approximate surface area is 105 Å². The highest BCUT2D eigenvalue weighted by molar-refractivity contribution is 5.35. The number of likely N-dealkylation sites (N-methyl/N-ethyl adjacent to an activating group) is 1. The van der Waals surface area contributed by atoms with Crippen molar-refractivity contribution in [1.29, 1.82) is 0 Å². The zero-order valence-electron chi connectivity index (χ0n) is 10.3. The fourth-order valence-electron chi connectivity index (χ4n) is 2.22. The van der Waals surface area contributed by atoms with Gasteiger partial charge < -0.3 is 10.6 Å². The number of hydrogen-bond acceptors (Lipinski definition) is 2. The second-order valence-corrected chi connectivity index (χ2v) is 4.57. The Morgan fingerprint density at radius 2 is 2.11 bits per heavy atom. The van der Waals surface area contributed by atoms with Crippen molar-refractivity contribution in [2.24, 2.45) is 0 Å². The van der Waals surface area contributed by atoms with Gasteiger partial charge in [-0.2, -0.15) is 13.2 Å². The summed E-state index contributed by atoms with van der Waals surface area (Å²) < 4.78 is 37.9. The van der Waals surface area contributed by atoms with Crippen LogP contribution in [0.25, 0.3) is 0 Å². The Balaban J connectivity index is 2.14. The van der Waals surface area contributed by atoms with E-state index in [0.29, 0.717) is 13.0 Å². The molecule has 5 heteroatoms. The molecule has 0 spiro atoms. The predicted molar refractivity (Wildman–Crippen MR) is 64.3 cm³/mol. The van der Waals surface area contributed by atoms with Crippen LogP contribution in [-0.2, 0) is 19.1 Å². The van der Waals surface area contributed by atoms with Crippen molar-refractivity contribution in [3.8, 4) is 0 Å². The molecule has 18 heavy (non-hydrogen) atoms. The quantitative estimate of drug-likeness (QED) is 0.869. The molecule has 2 N–H and O–H groups in total. The number of fused-ring (bicyclic) bond motifs is 1. The average molecular weight is 258 g/mol. The van der Waals surface area contributed by atoms with Crippen LogP contribution in [0.1, 0.15) is 23.6 Å². The summed E-state index contributed by atoms with van der Waals surface area (Å²) in [5, 5.41) is 6.53. The second-order valence-electron chi connectivity index (χ2n) is 4.57. The fourth-order valence-corrected chi connectivity index (χ4v) is 2.22. The maximum atomic E-state index is 12.6. The maximum absolute atomic E-state index is 12.6. The van der Waals surface area contributed by atoms with E-state index in [0.717, 1.165) is 30.3 Å². The number of benzene rings is 1. The summed E-state index contributed by atoms with van der Waals surface area (Å²) in [5.41, 5.74) is 1.23. The zero-order chi connectivity index (χ0) is 13.2. The Kier molecular flexibility index (Phi) is 3.92. The smallest absolute Gasteiger partial charge is 0.315 e. The maximum Gasteiger partial charge on any atom is 0.416 e. The van der Waals surface area contributed by atoms with Gasteiger partial charge in [0.15, 0.2) is 0 Å². The summed E-state index contributed by atoms with van der Waals surface area (Å²) in [6, 6.07) is 4.23. The molecule has 2 nitrogen and oxygen atoms in total. The van der Waals surface area contributed by atoms with Gasteiger partial charge in [-0.25, -0.2) is 0 Å². The van der Waals surface area contributed by atoms with Crippen LogP contribution < -0.4 is 10.6 Å². The zero-order valence-corrected chi connectivity index (χ0v) is 10.3. The van der Waals surface area contributed by atoms with Crippen LogP contribution in [0, 0.1) is 0 Å². The molecule has 1 aromatic rings. The minimum absolute atomic E-state index is 0.209. The molecule has 0 saturated carbocycles. The van der Waals surface area contributed by atoms with Crippen LogP contribution in [-0.4, -0.2) is 19.1 Å². The number of hydrogen-bond donors (Lipinski definition) is 2. The minimum Gasteiger partial charge on any atom is -0.315 e. The van der Waals surface area contributed by atoms with E-state index in [1.165, 1.54) is 6.07 Å². The predicted octanol–water partition coefficient (Wildman–Crippen LogP) is 2.33. The van der Waals surface area contributed by atoms with Crippen LogP contribution in [0.2, 0.25) is 0 Å². The van der Waals surface area contributed by atoms with E-state index in [1.807, 2.05) is 6.92 Å². The largest absolute Gasteiger partial charge is 0.416 e. The molecule has 1 aromatic carbocycles. The Bertz CT molecular complexity index is 415. The van der Waals surface area contributed by atoms with Gasteiger partial charge in [0.05, 0.1) is 5.56 Å². The van der Waals surface area contributed by atoms with Crippen LogP contribution in [0.5, 0.6) is 0 Å². The first-order chi connectivity index (χ1) is 8.50. The van der Waals surface area contributed by atoms with Crippen LogP contribution in [0.3, 0.4) is 0 Å². The number of halogens is 3. The monoisotopic (exact) mass is 258 g/mol. The summed E-state index contributed by atoms with van der Waals surface area (Å²) in [4.78, 5) is 0. The van der Waals surface area contributed by atoms with Gasteiger partial charge in [-0.1, -0.05) is 13.0 Å². The third-order valence-electron chi connectivity index (χ3n) is 3.22. The lowest BCUT2D eigenvalue weighted by Crippen LogP contribution is -2.43. The molecule has 0 fully saturated rings. The van der Waals surface area contributed by atoms with E-state index in [1.54, 1.807) is 6.07 Å². The molecule has 1 unspecified atom stereocenters. The molecule has 0 saturated heterocycles. The number of alkyl halides is 3. The normalized spacial score (nSPS) is 19.7. The molecular formula is C13H17F3N2. The van der Waals surface area contributed by atoms with Crippen molar-refractivity contribution in [3.63, 3.8) is 0 Å². The summed E-state index contributed by atoms with van der Waals surface area (Å²) >= 11 is 0. The lowest BCUT2D eigenvalue weighted by atomic mass is 9.94. The van der Waals surface area contributed by atoms with Gasteiger partial charge in [-0.05, 0) is 36.2 Å². The first kappa shape index (κ1) is 13.4. The minimum atomic E-state index is -4.25. The highest BCUT2D eigenvalue weighted by Gasteiger charge is 2.31. The molecule has 1 aliphatic rings. The van der Waals surface area contributed by atoms with Gasteiger partial charge in [-0.15, -0.1) is 0 Å². The lowest BCUT2D eigenvalue weighted by molar-refractivity contribution is -0.137. The average Bonchev–Trinajstić information content (AvgIpc) is 2.34. The molecule has 0 bridgehead atoms. The third kappa shape index (κ3) is 3.03. The highest BCUT2D eigenvalue weighted by atomic mass is 19.4. The number of nitrogens with one attached hydrogen (secondary N) is 2. The van der Waals surface area contributed by atoms with Crippen molar-refractivity contribution in [2.45, 2.75) is 32.1 Å². The van der Waals surface area contributed by atoms with E-state index in [4.69, 9.17) is 0 Å². The van der Waals surface area contributed by atoms with Crippen LogP contribution in [0.4, 0.5) is 13.2 Å². The molecule has 1 heterocycles. The van der Waals surface area contributed by atoms with Crippen molar-refractivity contribution < 1.29 is 13.2 Å². The molecule has 0 aliphatic carbocycles. The first-order valence-electron chi connectivity index (χ1n) is 6.14. The number of rotatable bonds is 3. The Morgan fingerprint density at radius 3 is 2.78 bits per heavy atom. The van der Waals surface area contributed by atoms with E-state index >= 15 is 0 Å². The molecule has 1 aliphatic heterocycles. The molecule has 1 atom stereocenters. The van der Waals surface area contributed by atoms with E-state index in [-0.39, 0.29) is 6.04 Å². The Morgan fingerprint density at radius 1 is 1.33 bits per heavy atom. The molecule has 0 amide bonds. The van der Waals surface area contributed by atoms with Crippen molar-refractivity contribution in [1.82, 2.24) is 10.6 Å². The van der Waals surface area contributed by atoms with Gasteiger partial charge in [0, 0.05) is 19.1 Å². The van der Waals surface area contributed by atoms with Crippen LogP contribution in [0.15, 0.2) is 18.2 Å². The summed E-state index contributed by atoms with van der Waals surface area (Å²) in [7, 11) is 0. The molecule has 2 rings (SSSR count). The second kappa shape index (κ2) is 5.28. The van der Waals surface area contributed by atoms with Crippen molar-refractivity contribution in [2.75, 3.05) is 13.1 Å². The van der Waals surface area contributed by atoms with Crippen LogP contribution >= 0.6 is 0 Å². The molecule has 0 radical (unpaired) electrons. The van der Waals surface area contributed by atoms with Gasteiger partial charge in [-0.3, -0.25) is 0 Å². The standard InChI is InChI=1S/C13H17F3N2/c1-2-17-8-12-6-10-5-11(13(14,15)16)4-3-9(10)7-18-12/h3-5,12,17-18H,2,6-8H2,1H3. The first-order valence-corrected chi connectivity index (χ1v) is 6.14. The summed E-state index contributed by atoms with van der Waals surface area (Å²) in [6.07, 6.45) is -3.61. The Hall–Kier alpha value is -1.07. The highest BCUT2D eigenvalue weighted by Crippen LogP contribution is 2.31. The molecule has 100 valence electrons. The van der Waals surface area contributed by atoms with E-state index < -0.39 is 11.7 Å². The summed E-state index contributed by atoms with van der Waals surface area (Å²) in [6.45, 7) is 4.31. The fraction of sp³-hybridized carbons (Fsp3) is 0.538. The van der Waals surface area contributed by atoms with Gasteiger partial charge in [0.1, 0.15) is 0 Å². The molecule has 0 aromatic heterocycles. The topological polar surface area (TPSA) is 24.1 Å². The van der Waals surface area contributed by atoms with Crippen molar-refractivity contribution >= 4 is 0 Å². The lowest BCUT2D eigenvalue weighted by Gasteiger charge is -2.27. The summed E-state index contributed by atoms with van der Waals surface area (Å²) in [5.74, 6) is 0. The molecular weight excluding hydrogens is 241 g/mol. The van der Waals surface area contributed by atoms with Gasteiger partial charge in [0.2, 0.25) is 0 Å². The van der Waals surface area contributed by atoms with E-state index in [9.17, 15) is 13.2 Å². The van der Waals surface area contributed by atoms with Gasteiger partial charge >= 0.3 is 6.18 Å². The van der Waals surface area contributed by atoms with Crippen molar-refractivity contribution in [3.05, 3.63) is 34.9 Å². The third-order valence-corrected chi connectivity index (χ3v) is 3.22. The SMILES string of the molecule is CCNCC1Cc2cc(C(F)(F)F)ccc2CN1. The van der Waals surface area contributed by atoms with E-state index in [2.05, 4.69) is 10.6 Å².